The number of halogens is 1. The molecule has 174 valence electrons. The fraction of sp³-hybridized carbons (Fsp3) is 0.375. The summed E-state index contributed by atoms with van der Waals surface area (Å²) in [6.45, 7) is 3.18. The highest BCUT2D eigenvalue weighted by atomic mass is 32.2. The summed E-state index contributed by atoms with van der Waals surface area (Å²) in [6.07, 6.45) is 3.62. The van der Waals surface area contributed by atoms with Crippen molar-refractivity contribution < 1.29 is 13.9 Å². The molecule has 3 aromatic rings. The zero-order valence-corrected chi connectivity index (χ0v) is 19.5. The Morgan fingerprint density at radius 3 is 2.48 bits per heavy atom. The summed E-state index contributed by atoms with van der Waals surface area (Å²) in [5.74, 6) is 1.39. The molecule has 0 saturated carbocycles. The SMILES string of the molecule is COc1ccc(CNC(=O)CSc2nnc(CN3CCCCC3)n2-c2ccc(F)cc2)cc1. The van der Waals surface area contributed by atoms with Crippen LogP contribution >= 0.6 is 11.8 Å². The number of aromatic nitrogens is 3. The zero-order chi connectivity index (χ0) is 23.0. The number of benzene rings is 2. The minimum Gasteiger partial charge on any atom is -0.497 e. The van der Waals surface area contributed by atoms with Crippen molar-refractivity contribution in [2.45, 2.75) is 37.5 Å². The molecule has 4 rings (SSSR count). The number of methoxy groups -OCH3 is 1. The van der Waals surface area contributed by atoms with Crippen LogP contribution in [0.5, 0.6) is 5.75 Å². The van der Waals surface area contributed by atoms with Crippen LogP contribution in [0.3, 0.4) is 0 Å². The first-order valence-electron chi connectivity index (χ1n) is 11.1. The van der Waals surface area contributed by atoms with Crippen LogP contribution in [0.25, 0.3) is 5.69 Å². The quantitative estimate of drug-likeness (QED) is 0.481. The summed E-state index contributed by atoms with van der Waals surface area (Å²) in [4.78, 5) is 14.8. The Morgan fingerprint density at radius 2 is 1.79 bits per heavy atom. The second-order valence-electron chi connectivity index (χ2n) is 7.96. The van der Waals surface area contributed by atoms with E-state index in [0.29, 0.717) is 18.2 Å². The number of carbonyl (C=O) groups excluding carboxylic acids is 1. The van der Waals surface area contributed by atoms with Gasteiger partial charge in [0.25, 0.3) is 0 Å². The van der Waals surface area contributed by atoms with Crippen molar-refractivity contribution in [3.8, 4) is 11.4 Å². The minimum atomic E-state index is -0.295. The van der Waals surface area contributed by atoms with Crippen LogP contribution in [0, 0.1) is 5.82 Å². The Kier molecular flexibility index (Phi) is 7.96. The molecule has 1 amide bonds. The van der Waals surface area contributed by atoms with Crippen molar-refractivity contribution in [2.75, 3.05) is 26.0 Å². The van der Waals surface area contributed by atoms with E-state index in [1.807, 2.05) is 28.8 Å². The first kappa shape index (κ1) is 23.3. The van der Waals surface area contributed by atoms with Crippen LogP contribution in [0.1, 0.15) is 30.7 Å². The van der Waals surface area contributed by atoms with Gasteiger partial charge in [0.1, 0.15) is 11.6 Å². The third kappa shape index (κ3) is 6.33. The molecular weight excluding hydrogens is 441 g/mol. The molecule has 1 aliphatic heterocycles. The van der Waals surface area contributed by atoms with E-state index in [-0.39, 0.29) is 17.5 Å². The molecule has 0 spiro atoms. The number of likely N-dealkylation sites (tertiary alicyclic amines) is 1. The van der Waals surface area contributed by atoms with Gasteiger partial charge in [-0.1, -0.05) is 30.3 Å². The normalized spacial score (nSPS) is 14.2. The Hall–Kier alpha value is -2.91. The van der Waals surface area contributed by atoms with Gasteiger partial charge in [-0.3, -0.25) is 14.3 Å². The Bertz CT molecular complexity index is 1050. The van der Waals surface area contributed by atoms with Gasteiger partial charge in [-0.05, 0) is 67.9 Å². The first-order valence-corrected chi connectivity index (χ1v) is 12.1. The lowest BCUT2D eigenvalue weighted by Gasteiger charge is -2.26. The lowest BCUT2D eigenvalue weighted by Crippen LogP contribution is -2.30. The zero-order valence-electron chi connectivity index (χ0n) is 18.7. The highest BCUT2D eigenvalue weighted by molar-refractivity contribution is 7.99. The molecule has 0 unspecified atom stereocenters. The number of amides is 1. The van der Waals surface area contributed by atoms with Crippen LogP contribution in [0.15, 0.2) is 53.7 Å². The summed E-state index contributed by atoms with van der Waals surface area (Å²) >= 11 is 1.32. The maximum absolute atomic E-state index is 13.5. The fourth-order valence-electron chi connectivity index (χ4n) is 3.79. The van der Waals surface area contributed by atoms with E-state index < -0.39 is 0 Å². The maximum atomic E-state index is 13.5. The number of hydrogen-bond donors (Lipinski definition) is 1. The topological polar surface area (TPSA) is 72.3 Å². The molecular formula is C24H28FN5O2S. The summed E-state index contributed by atoms with van der Waals surface area (Å²) in [7, 11) is 1.62. The van der Waals surface area contributed by atoms with Crippen LogP contribution in [-0.2, 0) is 17.9 Å². The second kappa shape index (κ2) is 11.3. The highest BCUT2D eigenvalue weighted by Gasteiger charge is 2.19. The van der Waals surface area contributed by atoms with Crippen molar-refractivity contribution in [2.24, 2.45) is 0 Å². The molecule has 2 aromatic carbocycles. The number of piperidine rings is 1. The van der Waals surface area contributed by atoms with Crippen LogP contribution < -0.4 is 10.1 Å². The van der Waals surface area contributed by atoms with E-state index >= 15 is 0 Å². The number of thioether (sulfide) groups is 1. The van der Waals surface area contributed by atoms with Crippen LogP contribution in [0.2, 0.25) is 0 Å². The van der Waals surface area contributed by atoms with Gasteiger partial charge in [-0.15, -0.1) is 10.2 Å². The van der Waals surface area contributed by atoms with E-state index in [1.165, 1.54) is 43.2 Å². The Balaban J connectivity index is 1.42. The van der Waals surface area contributed by atoms with Crippen molar-refractivity contribution in [1.82, 2.24) is 25.0 Å². The molecule has 0 bridgehead atoms. The monoisotopic (exact) mass is 469 g/mol. The van der Waals surface area contributed by atoms with Crippen LogP contribution in [0.4, 0.5) is 4.39 Å². The summed E-state index contributed by atoms with van der Waals surface area (Å²) in [5.41, 5.74) is 1.78. The molecule has 0 radical (unpaired) electrons. The van der Waals surface area contributed by atoms with Crippen molar-refractivity contribution in [3.63, 3.8) is 0 Å². The molecule has 0 atom stereocenters. The van der Waals surface area contributed by atoms with E-state index in [9.17, 15) is 9.18 Å². The molecule has 1 N–H and O–H groups in total. The lowest BCUT2D eigenvalue weighted by atomic mass is 10.1. The first-order chi connectivity index (χ1) is 16.1. The maximum Gasteiger partial charge on any atom is 0.230 e. The molecule has 1 aliphatic rings. The van der Waals surface area contributed by atoms with Crippen molar-refractivity contribution in [1.29, 1.82) is 0 Å². The molecule has 1 aromatic heterocycles. The standard InChI is InChI=1S/C24H28FN5O2S/c1-32-21-11-5-18(6-12-21)15-26-23(31)17-33-24-28-27-22(16-29-13-3-2-4-14-29)30(24)20-9-7-19(25)8-10-20/h5-12H,2-4,13-17H2,1H3,(H,26,31). The van der Waals surface area contributed by atoms with Gasteiger partial charge in [0.15, 0.2) is 11.0 Å². The molecule has 9 heteroatoms. The van der Waals surface area contributed by atoms with E-state index in [1.54, 1.807) is 19.2 Å². The second-order valence-corrected chi connectivity index (χ2v) is 8.90. The van der Waals surface area contributed by atoms with Gasteiger partial charge >= 0.3 is 0 Å². The predicted molar refractivity (Wildman–Crippen MR) is 126 cm³/mol. The largest absolute Gasteiger partial charge is 0.497 e. The minimum absolute atomic E-state index is 0.0953. The number of rotatable bonds is 9. The Labute approximate surface area is 197 Å². The van der Waals surface area contributed by atoms with Crippen molar-refractivity contribution in [3.05, 3.63) is 65.7 Å². The van der Waals surface area contributed by atoms with E-state index in [0.717, 1.165) is 35.9 Å². The average molecular weight is 470 g/mol. The van der Waals surface area contributed by atoms with Crippen molar-refractivity contribution >= 4 is 17.7 Å². The molecule has 2 heterocycles. The summed E-state index contributed by atoms with van der Waals surface area (Å²) in [6, 6.07) is 13.9. The highest BCUT2D eigenvalue weighted by Crippen LogP contribution is 2.24. The average Bonchev–Trinajstić information content (AvgIpc) is 3.25. The van der Waals surface area contributed by atoms with Gasteiger partial charge in [0.05, 0.1) is 19.4 Å². The number of hydrogen-bond acceptors (Lipinski definition) is 6. The smallest absolute Gasteiger partial charge is 0.230 e. The predicted octanol–water partition coefficient (Wildman–Crippen LogP) is 3.81. The van der Waals surface area contributed by atoms with Gasteiger partial charge in [0, 0.05) is 12.2 Å². The molecule has 1 fully saturated rings. The lowest BCUT2D eigenvalue weighted by molar-refractivity contribution is -0.118. The van der Waals surface area contributed by atoms with E-state index in [2.05, 4.69) is 20.4 Å². The third-order valence-electron chi connectivity index (χ3n) is 5.58. The number of nitrogens with zero attached hydrogens (tertiary/aromatic N) is 4. The fourth-order valence-corrected chi connectivity index (χ4v) is 4.59. The Morgan fingerprint density at radius 1 is 1.06 bits per heavy atom. The number of ether oxygens (including phenoxy) is 1. The number of carbonyl (C=O) groups is 1. The van der Waals surface area contributed by atoms with Gasteiger partial charge in [-0.25, -0.2) is 4.39 Å². The van der Waals surface area contributed by atoms with Gasteiger partial charge in [-0.2, -0.15) is 0 Å². The molecule has 0 aliphatic carbocycles. The molecule has 1 saturated heterocycles. The van der Waals surface area contributed by atoms with Gasteiger partial charge in [0.2, 0.25) is 5.91 Å². The van der Waals surface area contributed by atoms with Crippen LogP contribution in [-0.4, -0.2) is 51.5 Å². The van der Waals surface area contributed by atoms with E-state index in [4.69, 9.17) is 4.74 Å². The third-order valence-corrected chi connectivity index (χ3v) is 6.51. The number of nitrogens with one attached hydrogen (secondary N) is 1. The molecule has 33 heavy (non-hydrogen) atoms. The summed E-state index contributed by atoms with van der Waals surface area (Å²) < 4.78 is 20.6. The van der Waals surface area contributed by atoms with Gasteiger partial charge < -0.3 is 10.1 Å². The molecule has 7 nitrogen and oxygen atoms in total. The summed E-state index contributed by atoms with van der Waals surface area (Å²) in [5, 5.41) is 12.3.